The van der Waals surface area contributed by atoms with Gasteiger partial charge in [0.1, 0.15) is 12.4 Å². The van der Waals surface area contributed by atoms with Crippen molar-refractivity contribution >= 4 is 17.5 Å². The number of ether oxygens (including phenoxy) is 2. The number of hydrogen-bond acceptors (Lipinski definition) is 6. The molecule has 128 valence electrons. The molecule has 0 N–H and O–H groups in total. The highest BCUT2D eigenvalue weighted by Crippen LogP contribution is 2.32. The summed E-state index contributed by atoms with van der Waals surface area (Å²) in [5.41, 5.74) is 1.09. The van der Waals surface area contributed by atoms with Crippen molar-refractivity contribution in [3.05, 3.63) is 23.9 Å². The summed E-state index contributed by atoms with van der Waals surface area (Å²) in [5.74, 6) is 1.84. The molecule has 2 rings (SSSR count). The Kier molecular flexibility index (Phi) is 7.85. The van der Waals surface area contributed by atoms with Crippen LogP contribution >= 0.6 is 11.8 Å². The highest BCUT2D eigenvalue weighted by atomic mass is 32.2. The van der Waals surface area contributed by atoms with Crippen molar-refractivity contribution in [3.63, 3.8) is 0 Å². The van der Waals surface area contributed by atoms with E-state index in [1.807, 2.05) is 18.3 Å². The number of thioether (sulfide) groups is 1. The topological polar surface area (TPSA) is 51.7 Å². The molecule has 0 spiro atoms. The van der Waals surface area contributed by atoms with Gasteiger partial charge in [0.05, 0.1) is 13.2 Å². The van der Waals surface area contributed by atoms with Gasteiger partial charge in [0.15, 0.2) is 0 Å². The van der Waals surface area contributed by atoms with Crippen molar-refractivity contribution in [1.29, 1.82) is 0 Å². The van der Waals surface area contributed by atoms with E-state index in [0.29, 0.717) is 18.9 Å². The molecular weight excluding hydrogens is 312 g/mol. The van der Waals surface area contributed by atoms with Crippen LogP contribution in [0.3, 0.4) is 0 Å². The second-order valence-corrected chi connectivity index (χ2v) is 7.06. The first-order valence-electron chi connectivity index (χ1n) is 8.19. The second-order valence-electron chi connectivity index (χ2n) is 5.58. The van der Waals surface area contributed by atoms with E-state index >= 15 is 0 Å². The molecule has 1 aliphatic heterocycles. The van der Waals surface area contributed by atoms with E-state index in [9.17, 15) is 4.79 Å². The van der Waals surface area contributed by atoms with Crippen LogP contribution in [0.5, 0.6) is 5.88 Å². The smallest absolute Gasteiger partial charge is 0.213 e. The van der Waals surface area contributed by atoms with Gasteiger partial charge in [0.2, 0.25) is 5.88 Å². The first kappa shape index (κ1) is 18.2. The molecule has 0 aliphatic carbocycles. The van der Waals surface area contributed by atoms with E-state index in [1.165, 1.54) is 0 Å². The Morgan fingerprint density at radius 3 is 2.83 bits per heavy atom. The third kappa shape index (κ3) is 6.49. The van der Waals surface area contributed by atoms with Crippen LogP contribution < -0.4 is 4.74 Å². The zero-order valence-electron chi connectivity index (χ0n) is 14.0. The maximum absolute atomic E-state index is 11.4. The summed E-state index contributed by atoms with van der Waals surface area (Å²) in [7, 11) is 0. The van der Waals surface area contributed by atoms with Crippen LogP contribution in [-0.2, 0) is 9.53 Å². The van der Waals surface area contributed by atoms with Crippen LogP contribution in [0.4, 0.5) is 0 Å². The Balaban J connectivity index is 1.81. The standard InChI is InChI=1S/C17H26N2O3S/c1-3-23-16(12-14(2)20)15-4-5-17(18-13-15)22-11-8-19-6-9-21-10-7-19/h4-5,13,16H,3,6-12H2,1-2H3. The molecule has 0 radical (unpaired) electrons. The number of ketones is 1. The van der Waals surface area contributed by atoms with Crippen molar-refractivity contribution in [1.82, 2.24) is 9.88 Å². The van der Waals surface area contributed by atoms with Crippen LogP contribution in [0.15, 0.2) is 18.3 Å². The summed E-state index contributed by atoms with van der Waals surface area (Å²) in [4.78, 5) is 18.1. The summed E-state index contributed by atoms with van der Waals surface area (Å²) in [6, 6.07) is 3.92. The molecule has 1 aliphatic rings. The van der Waals surface area contributed by atoms with Gasteiger partial charge in [-0.1, -0.05) is 13.0 Å². The van der Waals surface area contributed by atoms with Crippen LogP contribution in [0.25, 0.3) is 0 Å². The number of aromatic nitrogens is 1. The van der Waals surface area contributed by atoms with Crippen molar-refractivity contribution < 1.29 is 14.3 Å². The molecule has 1 aromatic rings. The van der Waals surface area contributed by atoms with Gasteiger partial charge < -0.3 is 9.47 Å². The fourth-order valence-electron chi connectivity index (χ4n) is 2.51. The number of hydrogen-bond donors (Lipinski definition) is 0. The van der Waals surface area contributed by atoms with Crippen LogP contribution in [0, 0.1) is 0 Å². The number of carbonyl (C=O) groups is 1. The summed E-state index contributed by atoms with van der Waals surface area (Å²) in [6.07, 6.45) is 2.39. The van der Waals surface area contributed by atoms with E-state index in [4.69, 9.17) is 9.47 Å². The molecule has 0 aromatic carbocycles. The maximum Gasteiger partial charge on any atom is 0.213 e. The minimum absolute atomic E-state index is 0.187. The molecule has 1 aromatic heterocycles. The predicted molar refractivity (Wildman–Crippen MR) is 93.2 cm³/mol. The molecule has 23 heavy (non-hydrogen) atoms. The van der Waals surface area contributed by atoms with Gasteiger partial charge in [-0.2, -0.15) is 11.8 Å². The number of nitrogens with zero attached hydrogens (tertiary/aromatic N) is 2. The average Bonchev–Trinajstić information content (AvgIpc) is 2.56. The fourth-order valence-corrected chi connectivity index (χ4v) is 3.59. The highest BCUT2D eigenvalue weighted by molar-refractivity contribution is 7.99. The lowest BCUT2D eigenvalue weighted by atomic mass is 10.1. The third-order valence-corrected chi connectivity index (χ3v) is 4.91. The summed E-state index contributed by atoms with van der Waals surface area (Å²) < 4.78 is 11.0. The van der Waals surface area contributed by atoms with Crippen LogP contribution in [-0.4, -0.2) is 60.9 Å². The lowest BCUT2D eigenvalue weighted by Gasteiger charge is -2.26. The molecule has 0 bridgehead atoms. The molecular formula is C17H26N2O3S. The van der Waals surface area contributed by atoms with Gasteiger partial charge >= 0.3 is 0 Å². The van der Waals surface area contributed by atoms with Gasteiger partial charge in [-0.05, 0) is 18.2 Å². The number of rotatable bonds is 9. The normalized spacial score (nSPS) is 17.0. The molecule has 5 nitrogen and oxygen atoms in total. The number of Topliss-reactive ketones (excluding diaryl/α,β-unsaturated/α-hetero) is 1. The molecule has 1 unspecified atom stereocenters. The van der Waals surface area contributed by atoms with Crippen LogP contribution in [0.1, 0.15) is 31.1 Å². The lowest BCUT2D eigenvalue weighted by Crippen LogP contribution is -2.38. The molecule has 1 atom stereocenters. The average molecular weight is 338 g/mol. The number of morpholine rings is 1. The molecule has 0 saturated carbocycles. The zero-order valence-corrected chi connectivity index (χ0v) is 14.8. The van der Waals surface area contributed by atoms with Gasteiger partial charge in [-0.3, -0.25) is 9.69 Å². The summed E-state index contributed by atoms with van der Waals surface area (Å²) in [6.45, 7) is 8.82. The Morgan fingerprint density at radius 2 is 2.22 bits per heavy atom. The summed E-state index contributed by atoms with van der Waals surface area (Å²) >= 11 is 1.78. The fraction of sp³-hybridized carbons (Fsp3) is 0.647. The molecule has 0 amide bonds. The summed E-state index contributed by atoms with van der Waals surface area (Å²) in [5, 5.41) is 0.187. The Hall–Kier alpha value is -1.11. The maximum atomic E-state index is 11.4. The van der Waals surface area contributed by atoms with Gasteiger partial charge in [-0.15, -0.1) is 0 Å². The monoisotopic (exact) mass is 338 g/mol. The SMILES string of the molecule is CCSC(CC(C)=O)c1ccc(OCCN2CCOCC2)nc1. The first-order valence-corrected chi connectivity index (χ1v) is 9.23. The quantitative estimate of drug-likeness (QED) is 0.690. The van der Waals surface area contributed by atoms with Crippen molar-refractivity contribution in [2.45, 2.75) is 25.5 Å². The molecule has 1 saturated heterocycles. The third-order valence-electron chi connectivity index (χ3n) is 3.73. The van der Waals surface area contributed by atoms with Crippen LogP contribution in [0.2, 0.25) is 0 Å². The Morgan fingerprint density at radius 1 is 1.43 bits per heavy atom. The zero-order chi connectivity index (χ0) is 16.5. The van der Waals surface area contributed by atoms with E-state index in [1.54, 1.807) is 18.7 Å². The molecule has 2 heterocycles. The van der Waals surface area contributed by atoms with E-state index < -0.39 is 0 Å². The van der Waals surface area contributed by atoms with Crippen molar-refractivity contribution in [2.75, 3.05) is 45.2 Å². The second kappa shape index (κ2) is 9.90. The Bertz CT molecular complexity index is 475. The van der Waals surface area contributed by atoms with Gasteiger partial charge in [0.25, 0.3) is 0 Å². The minimum Gasteiger partial charge on any atom is -0.476 e. The lowest BCUT2D eigenvalue weighted by molar-refractivity contribution is -0.117. The van der Waals surface area contributed by atoms with E-state index in [2.05, 4.69) is 16.8 Å². The van der Waals surface area contributed by atoms with E-state index in [0.717, 1.165) is 44.2 Å². The first-order chi connectivity index (χ1) is 11.2. The van der Waals surface area contributed by atoms with Crippen molar-refractivity contribution in [2.24, 2.45) is 0 Å². The van der Waals surface area contributed by atoms with E-state index in [-0.39, 0.29) is 11.0 Å². The van der Waals surface area contributed by atoms with Gasteiger partial charge in [0, 0.05) is 43.6 Å². The minimum atomic E-state index is 0.187. The Labute approximate surface area is 142 Å². The molecule has 1 fully saturated rings. The molecule has 6 heteroatoms. The highest BCUT2D eigenvalue weighted by Gasteiger charge is 2.14. The van der Waals surface area contributed by atoms with Crippen molar-refractivity contribution in [3.8, 4) is 5.88 Å². The number of carbonyl (C=O) groups excluding carboxylic acids is 1. The van der Waals surface area contributed by atoms with Gasteiger partial charge in [-0.25, -0.2) is 4.98 Å². The number of pyridine rings is 1. The predicted octanol–water partition coefficient (Wildman–Crippen LogP) is 2.57. The largest absolute Gasteiger partial charge is 0.476 e.